The quantitative estimate of drug-likeness (QED) is 0.782. The number of hydrogen-bond donors (Lipinski definition) is 2. The summed E-state index contributed by atoms with van der Waals surface area (Å²) in [5.41, 5.74) is 0. The molecule has 2 N–H and O–H groups in total. The highest BCUT2D eigenvalue weighted by molar-refractivity contribution is 5.87. The van der Waals surface area contributed by atoms with E-state index in [0.29, 0.717) is 0 Å². The fraction of sp³-hybridized carbons (Fsp3) is 0.765. The van der Waals surface area contributed by atoms with Gasteiger partial charge >= 0.3 is 5.97 Å². The molecule has 116 valence electrons. The van der Waals surface area contributed by atoms with Crippen LogP contribution in [0.25, 0.3) is 0 Å². The molecule has 1 amide bonds. The summed E-state index contributed by atoms with van der Waals surface area (Å²) in [6, 6.07) is 0.248. The Kier molecular flexibility index (Phi) is 4.05. The Morgan fingerprint density at radius 2 is 1.71 bits per heavy atom. The van der Waals surface area contributed by atoms with Gasteiger partial charge in [-0.05, 0) is 49.9 Å². The van der Waals surface area contributed by atoms with Crippen LogP contribution in [-0.2, 0) is 9.59 Å². The van der Waals surface area contributed by atoms with Gasteiger partial charge in [-0.1, -0.05) is 25.5 Å². The number of carbonyl (C=O) groups excluding carboxylic acids is 1. The summed E-state index contributed by atoms with van der Waals surface area (Å²) < 4.78 is 0. The summed E-state index contributed by atoms with van der Waals surface area (Å²) in [5.74, 6) is -0.744. The third-order valence-corrected chi connectivity index (χ3v) is 5.82. The first-order valence-corrected chi connectivity index (χ1v) is 8.31. The minimum Gasteiger partial charge on any atom is -0.481 e. The van der Waals surface area contributed by atoms with Gasteiger partial charge in [-0.25, -0.2) is 0 Å². The van der Waals surface area contributed by atoms with Crippen molar-refractivity contribution >= 4 is 11.9 Å². The Morgan fingerprint density at radius 1 is 1.10 bits per heavy atom. The van der Waals surface area contributed by atoms with Crippen LogP contribution in [0.2, 0.25) is 0 Å². The van der Waals surface area contributed by atoms with E-state index in [2.05, 4.69) is 12.2 Å². The van der Waals surface area contributed by atoms with Crippen molar-refractivity contribution in [3.8, 4) is 0 Å². The van der Waals surface area contributed by atoms with Crippen LogP contribution >= 0.6 is 0 Å². The lowest BCUT2D eigenvalue weighted by Crippen LogP contribution is -2.45. The van der Waals surface area contributed by atoms with E-state index in [0.717, 1.165) is 25.2 Å². The van der Waals surface area contributed by atoms with Crippen molar-refractivity contribution in [1.82, 2.24) is 5.32 Å². The molecule has 2 fully saturated rings. The molecule has 0 aliphatic heterocycles. The minimum atomic E-state index is -0.818. The second-order valence-corrected chi connectivity index (χ2v) is 6.97. The normalized spacial score (nSPS) is 41.2. The number of carboxylic acids is 1. The molecule has 0 radical (unpaired) electrons. The third kappa shape index (κ3) is 2.72. The molecular weight excluding hydrogens is 266 g/mol. The largest absolute Gasteiger partial charge is 0.481 e. The average Bonchev–Trinajstić information content (AvgIpc) is 3.08. The van der Waals surface area contributed by atoms with E-state index in [4.69, 9.17) is 0 Å². The Morgan fingerprint density at radius 3 is 2.29 bits per heavy atom. The fourth-order valence-corrected chi connectivity index (χ4v) is 4.53. The molecule has 0 spiro atoms. The van der Waals surface area contributed by atoms with Crippen molar-refractivity contribution in [1.29, 1.82) is 0 Å². The van der Waals surface area contributed by atoms with Crippen LogP contribution in [0.1, 0.15) is 45.4 Å². The van der Waals surface area contributed by atoms with Crippen molar-refractivity contribution < 1.29 is 14.7 Å². The Bertz CT molecular complexity index is 451. The summed E-state index contributed by atoms with van der Waals surface area (Å²) >= 11 is 0. The zero-order chi connectivity index (χ0) is 15.0. The van der Waals surface area contributed by atoms with Crippen molar-refractivity contribution in [3.63, 3.8) is 0 Å². The van der Waals surface area contributed by atoms with E-state index < -0.39 is 11.9 Å². The molecule has 0 aromatic carbocycles. The first-order chi connectivity index (χ1) is 10.1. The topological polar surface area (TPSA) is 66.4 Å². The van der Waals surface area contributed by atoms with Gasteiger partial charge in [-0.15, -0.1) is 0 Å². The lowest BCUT2D eigenvalue weighted by molar-refractivity contribution is -0.148. The monoisotopic (exact) mass is 291 g/mol. The number of amides is 1. The van der Waals surface area contributed by atoms with Gasteiger partial charge in [0.1, 0.15) is 0 Å². The standard InChI is InChI=1S/C17H25NO3/c1-2-10-3-7-13(8-4-10)18-16(19)14-11-5-6-12(9-11)15(14)17(20)21/h5-6,10-15H,2-4,7-9H2,1H3,(H,18,19)(H,20,21)/t10?,11?,12?,13?,14-,15+/m0/s1. The predicted molar refractivity (Wildman–Crippen MR) is 79.5 cm³/mol. The maximum absolute atomic E-state index is 12.6. The summed E-state index contributed by atoms with van der Waals surface area (Å²) in [4.78, 5) is 24.0. The first kappa shape index (κ1) is 14.6. The lowest BCUT2D eigenvalue weighted by atomic mass is 9.81. The van der Waals surface area contributed by atoms with E-state index >= 15 is 0 Å². The molecule has 4 heteroatoms. The highest BCUT2D eigenvalue weighted by Crippen LogP contribution is 2.48. The van der Waals surface area contributed by atoms with Gasteiger partial charge < -0.3 is 10.4 Å². The molecule has 3 aliphatic carbocycles. The Balaban J connectivity index is 1.60. The molecule has 3 aliphatic rings. The molecule has 0 heterocycles. The fourth-order valence-electron chi connectivity index (χ4n) is 4.53. The third-order valence-electron chi connectivity index (χ3n) is 5.82. The lowest BCUT2D eigenvalue weighted by Gasteiger charge is -2.31. The van der Waals surface area contributed by atoms with Crippen LogP contribution in [-0.4, -0.2) is 23.0 Å². The molecule has 4 nitrogen and oxygen atoms in total. The van der Waals surface area contributed by atoms with E-state index in [1.807, 2.05) is 12.2 Å². The van der Waals surface area contributed by atoms with E-state index in [9.17, 15) is 14.7 Å². The Labute approximate surface area is 126 Å². The van der Waals surface area contributed by atoms with Gasteiger partial charge in [-0.3, -0.25) is 9.59 Å². The molecule has 4 atom stereocenters. The molecule has 0 aromatic heterocycles. The van der Waals surface area contributed by atoms with Crippen molar-refractivity contribution in [2.45, 2.75) is 51.5 Å². The van der Waals surface area contributed by atoms with Crippen LogP contribution in [0.3, 0.4) is 0 Å². The SMILES string of the molecule is CCC1CCC(NC(=O)[C@H]2C3C=CC(C3)[C@H]2C(=O)O)CC1. The van der Waals surface area contributed by atoms with E-state index in [-0.39, 0.29) is 29.7 Å². The van der Waals surface area contributed by atoms with Crippen LogP contribution in [0.5, 0.6) is 0 Å². The van der Waals surface area contributed by atoms with Gasteiger partial charge in [0.2, 0.25) is 5.91 Å². The van der Waals surface area contributed by atoms with Crippen molar-refractivity contribution in [3.05, 3.63) is 12.2 Å². The summed E-state index contributed by atoms with van der Waals surface area (Å²) in [6.07, 6.45) is 10.5. The summed E-state index contributed by atoms with van der Waals surface area (Å²) in [7, 11) is 0. The second-order valence-electron chi connectivity index (χ2n) is 6.97. The number of aliphatic carboxylic acids is 1. The number of allylic oxidation sites excluding steroid dienone is 2. The minimum absolute atomic E-state index is 0.0285. The maximum Gasteiger partial charge on any atom is 0.307 e. The molecule has 0 aromatic rings. The first-order valence-electron chi connectivity index (χ1n) is 8.31. The molecule has 0 saturated heterocycles. The molecule has 2 unspecified atom stereocenters. The van der Waals surface area contributed by atoms with Gasteiger partial charge in [0.05, 0.1) is 11.8 Å². The summed E-state index contributed by atoms with van der Waals surface area (Å²) in [6.45, 7) is 2.22. The molecule has 2 bridgehead atoms. The van der Waals surface area contributed by atoms with Gasteiger partial charge in [0.25, 0.3) is 0 Å². The van der Waals surface area contributed by atoms with Crippen molar-refractivity contribution in [2.75, 3.05) is 0 Å². The molecule has 3 rings (SSSR count). The smallest absolute Gasteiger partial charge is 0.307 e. The molecule has 2 saturated carbocycles. The van der Waals surface area contributed by atoms with Gasteiger partial charge in [0.15, 0.2) is 0 Å². The zero-order valence-corrected chi connectivity index (χ0v) is 12.6. The summed E-state index contributed by atoms with van der Waals surface area (Å²) in [5, 5.41) is 12.6. The van der Waals surface area contributed by atoms with E-state index in [1.54, 1.807) is 0 Å². The Hall–Kier alpha value is -1.32. The highest BCUT2D eigenvalue weighted by atomic mass is 16.4. The number of hydrogen-bond acceptors (Lipinski definition) is 2. The molecule has 21 heavy (non-hydrogen) atoms. The number of carbonyl (C=O) groups is 2. The van der Waals surface area contributed by atoms with Crippen LogP contribution in [0.15, 0.2) is 12.2 Å². The van der Waals surface area contributed by atoms with Gasteiger partial charge in [-0.2, -0.15) is 0 Å². The highest BCUT2D eigenvalue weighted by Gasteiger charge is 2.51. The molecular formula is C17H25NO3. The maximum atomic E-state index is 12.6. The van der Waals surface area contributed by atoms with Crippen LogP contribution < -0.4 is 5.32 Å². The van der Waals surface area contributed by atoms with Crippen LogP contribution in [0.4, 0.5) is 0 Å². The van der Waals surface area contributed by atoms with Gasteiger partial charge in [0, 0.05) is 6.04 Å². The van der Waals surface area contributed by atoms with Crippen molar-refractivity contribution in [2.24, 2.45) is 29.6 Å². The second kappa shape index (κ2) is 5.82. The zero-order valence-electron chi connectivity index (χ0n) is 12.6. The number of fused-ring (bicyclic) bond motifs is 2. The number of rotatable bonds is 4. The van der Waals surface area contributed by atoms with E-state index in [1.165, 1.54) is 19.3 Å². The number of carboxylic acid groups (broad SMARTS) is 1. The average molecular weight is 291 g/mol. The predicted octanol–water partition coefficient (Wildman–Crippen LogP) is 2.59. The number of nitrogens with one attached hydrogen (secondary N) is 1. The van der Waals surface area contributed by atoms with Crippen LogP contribution in [0, 0.1) is 29.6 Å².